The Morgan fingerprint density at radius 1 is 1.15 bits per heavy atom. The Kier molecular flexibility index (Phi) is 6.82. The van der Waals surface area contributed by atoms with E-state index < -0.39 is 0 Å². The van der Waals surface area contributed by atoms with Crippen LogP contribution >= 0.6 is 0 Å². The number of nitrogens with one attached hydrogen (secondary N) is 1. The predicted molar refractivity (Wildman–Crippen MR) is 108 cm³/mol. The summed E-state index contributed by atoms with van der Waals surface area (Å²) in [7, 11) is 0. The van der Waals surface area contributed by atoms with Crippen LogP contribution in [0.4, 0.5) is 5.69 Å². The molecule has 27 heavy (non-hydrogen) atoms. The topological polar surface area (TPSA) is 58.6 Å². The number of amides is 2. The minimum absolute atomic E-state index is 0.00871. The summed E-state index contributed by atoms with van der Waals surface area (Å²) in [5.74, 6) is -0.327. The van der Waals surface area contributed by atoms with Crippen LogP contribution in [-0.4, -0.2) is 38.1 Å². The number of carbonyl (C=O) groups excluding carboxylic acids is 2. The molecule has 0 aromatic heterocycles. The van der Waals surface area contributed by atoms with Gasteiger partial charge in [0.2, 0.25) is 11.8 Å². The van der Waals surface area contributed by atoms with Crippen molar-refractivity contribution < 1.29 is 14.3 Å². The Morgan fingerprint density at radius 2 is 1.93 bits per heavy atom. The normalized spacial score (nSPS) is 16.9. The first-order chi connectivity index (χ1) is 13.2. The summed E-state index contributed by atoms with van der Waals surface area (Å²) in [5.41, 5.74) is 0.887. The van der Waals surface area contributed by atoms with Crippen LogP contribution in [0, 0.1) is 5.92 Å². The van der Waals surface area contributed by atoms with Crippen LogP contribution in [0.2, 0.25) is 0 Å². The maximum absolute atomic E-state index is 12.5. The summed E-state index contributed by atoms with van der Waals surface area (Å²) < 4.78 is 5.50. The van der Waals surface area contributed by atoms with Crippen molar-refractivity contribution >= 4 is 28.3 Å². The fraction of sp³-hybridized carbons (Fsp3) is 0.455. The van der Waals surface area contributed by atoms with Crippen molar-refractivity contribution in [1.29, 1.82) is 0 Å². The van der Waals surface area contributed by atoms with Gasteiger partial charge in [0, 0.05) is 38.1 Å². The molecule has 0 saturated carbocycles. The molecule has 0 bridgehead atoms. The number of fused-ring (bicyclic) bond motifs is 1. The molecule has 0 spiro atoms. The molecule has 0 radical (unpaired) electrons. The minimum atomic E-state index is -0.294. The molecule has 2 aromatic rings. The standard InChI is InChI=1S/C22H28N2O3/c1-2-3-13-27-14-7-12-23-22(26)18-15-21(25)24(16-18)20-11-6-9-17-8-4-5-10-19(17)20/h4-6,8-11,18H,2-3,7,12-16H2,1H3,(H,23,26). The van der Waals surface area contributed by atoms with Gasteiger partial charge in [0.05, 0.1) is 11.6 Å². The van der Waals surface area contributed by atoms with Crippen LogP contribution in [-0.2, 0) is 14.3 Å². The zero-order valence-corrected chi connectivity index (χ0v) is 15.9. The second-order valence-corrected chi connectivity index (χ2v) is 7.01. The van der Waals surface area contributed by atoms with E-state index >= 15 is 0 Å². The lowest BCUT2D eigenvalue weighted by Gasteiger charge is -2.19. The van der Waals surface area contributed by atoms with E-state index in [1.807, 2.05) is 42.5 Å². The van der Waals surface area contributed by atoms with Gasteiger partial charge in [0.15, 0.2) is 0 Å². The molecule has 1 aliphatic rings. The molecular weight excluding hydrogens is 340 g/mol. The summed E-state index contributed by atoms with van der Waals surface area (Å²) in [4.78, 5) is 26.7. The summed E-state index contributed by atoms with van der Waals surface area (Å²) in [6.07, 6.45) is 3.26. The molecule has 3 rings (SSSR count). The third kappa shape index (κ3) is 4.86. The number of benzene rings is 2. The van der Waals surface area contributed by atoms with E-state index in [1.54, 1.807) is 4.90 Å². The molecular formula is C22H28N2O3. The fourth-order valence-corrected chi connectivity index (χ4v) is 3.44. The Morgan fingerprint density at radius 3 is 2.78 bits per heavy atom. The van der Waals surface area contributed by atoms with E-state index in [1.165, 1.54) is 0 Å². The van der Waals surface area contributed by atoms with Gasteiger partial charge in [-0.25, -0.2) is 0 Å². The summed E-state index contributed by atoms with van der Waals surface area (Å²) in [6.45, 7) is 4.59. The second kappa shape index (κ2) is 9.51. The quantitative estimate of drug-likeness (QED) is 0.689. The summed E-state index contributed by atoms with van der Waals surface area (Å²) >= 11 is 0. The smallest absolute Gasteiger partial charge is 0.227 e. The van der Waals surface area contributed by atoms with Gasteiger partial charge in [-0.05, 0) is 24.3 Å². The Labute approximate surface area is 160 Å². The average molecular weight is 368 g/mol. The van der Waals surface area contributed by atoms with E-state index in [0.717, 1.165) is 42.3 Å². The van der Waals surface area contributed by atoms with Gasteiger partial charge in [-0.1, -0.05) is 49.7 Å². The number of unbranched alkanes of at least 4 members (excludes halogenated alkanes) is 1. The molecule has 1 heterocycles. The molecule has 1 fully saturated rings. The molecule has 0 aliphatic carbocycles. The number of rotatable bonds is 9. The molecule has 1 atom stereocenters. The van der Waals surface area contributed by atoms with Gasteiger partial charge in [-0.3, -0.25) is 9.59 Å². The van der Waals surface area contributed by atoms with E-state index in [9.17, 15) is 9.59 Å². The third-order valence-electron chi connectivity index (χ3n) is 4.96. The molecule has 1 N–H and O–H groups in total. The maximum Gasteiger partial charge on any atom is 0.227 e. The largest absolute Gasteiger partial charge is 0.381 e. The van der Waals surface area contributed by atoms with E-state index in [4.69, 9.17) is 4.74 Å². The molecule has 2 amide bonds. The van der Waals surface area contributed by atoms with E-state index in [-0.39, 0.29) is 24.2 Å². The van der Waals surface area contributed by atoms with Crippen molar-refractivity contribution in [2.24, 2.45) is 5.92 Å². The van der Waals surface area contributed by atoms with Gasteiger partial charge in [-0.2, -0.15) is 0 Å². The van der Waals surface area contributed by atoms with Crippen LogP contribution in [0.1, 0.15) is 32.6 Å². The van der Waals surface area contributed by atoms with E-state index in [0.29, 0.717) is 19.7 Å². The number of anilines is 1. The highest BCUT2D eigenvalue weighted by atomic mass is 16.5. The zero-order chi connectivity index (χ0) is 19.1. The predicted octanol–water partition coefficient (Wildman–Crippen LogP) is 3.52. The number of hydrogen-bond donors (Lipinski definition) is 1. The minimum Gasteiger partial charge on any atom is -0.381 e. The van der Waals surface area contributed by atoms with Gasteiger partial charge in [-0.15, -0.1) is 0 Å². The molecule has 144 valence electrons. The average Bonchev–Trinajstić information content (AvgIpc) is 3.08. The third-order valence-corrected chi connectivity index (χ3v) is 4.96. The number of ether oxygens (including phenoxy) is 1. The molecule has 5 nitrogen and oxygen atoms in total. The fourth-order valence-electron chi connectivity index (χ4n) is 3.44. The van der Waals surface area contributed by atoms with Crippen LogP contribution in [0.15, 0.2) is 42.5 Å². The lowest BCUT2D eigenvalue weighted by molar-refractivity contribution is -0.126. The molecule has 1 unspecified atom stereocenters. The van der Waals surface area contributed by atoms with Crippen LogP contribution in [0.25, 0.3) is 10.8 Å². The van der Waals surface area contributed by atoms with Crippen molar-refractivity contribution in [2.75, 3.05) is 31.2 Å². The number of nitrogens with zero attached hydrogens (tertiary/aromatic N) is 1. The van der Waals surface area contributed by atoms with Crippen LogP contribution in [0.3, 0.4) is 0 Å². The summed E-state index contributed by atoms with van der Waals surface area (Å²) in [6, 6.07) is 14.0. The maximum atomic E-state index is 12.5. The number of hydrogen-bond acceptors (Lipinski definition) is 3. The van der Waals surface area contributed by atoms with Crippen LogP contribution in [0.5, 0.6) is 0 Å². The first-order valence-corrected chi connectivity index (χ1v) is 9.84. The zero-order valence-electron chi connectivity index (χ0n) is 15.9. The Hall–Kier alpha value is -2.40. The first kappa shape index (κ1) is 19.4. The second-order valence-electron chi connectivity index (χ2n) is 7.01. The van der Waals surface area contributed by atoms with Gasteiger partial charge >= 0.3 is 0 Å². The highest BCUT2D eigenvalue weighted by Crippen LogP contribution is 2.31. The lowest BCUT2D eigenvalue weighted by Crippen LogP contribution is -2.33. The van der Waals surface area contributed by atoms with Crippen LogP contribution < -0.4 is 10.2 Å². The molecule has 1 saturated heterocycles. The van der Waals surface area contributed by atoms with Gasteiger partial charge in [0.1, 0.15) is 0 Å². The highest BCUT2D eigenvalue weighted by Gasteiger charge is 2.35. The SMILES string of the molecule is CCCCOCCCNC(=O)C1CC(=O)N(c2cccc3ccccc23)C1. The molecule has 1 aliphatic heterocycles. The number of carbonyl (C=O) groups is 2. The van der Waals surface area contributed by atoms with E-state index in [2.05, 4.69) is 12.2 Å². The van der Waals surface area contributed by atoms with Crippen molar-refractivity contribution in [1.82, 2.24) is 5.32 Å². The summed E-state index contributed by atoms with van der Waals surface area (Å²) in [5, 5.41) is 5.08. The van der Waals surface area contributed by atoms with Gasteiger partial charge in [0.25, 0.3) is 0 Å². The Bertz CT molecular complexity index is 785. The monoisotopic (exact) mass is 368 g/mol. The van der Waals surface area contributed by atoms with Crippen molar-refractivity contribution in [3.05, 3.63) is 42.5 Å². The highest BCUT2D eigenvalue weighted by molar-refractivity contribution is 6.06. The van der Waals surface area contributed by atoms with Crippen molar-refractivity contribution in [3.63, 3.8) is 0 Å². The van der Waals surface area contributed by atoms with Crippen molar-refractivity contribution in [2.45, 2.75) is 32.6 Å². The van der Waals surface area contributed by atoms with Gasteiger partial charge < -0.3 is 15.0 Å². The van der Waals surface area contributed by atoms with Crippen molar-refractivity contribution in [3.8, 4) is 0 Å². The Balaban J connectivity index is 1.53. The molecule has 2 aromatic carbocycles. The molecule has 5 heteroatoms. The lowest BCUT2D eigenvalue weighted by atomic mass is 10.1. The first-order valence-electron chi connectivity index (χ1n) is 9.84.